The topological polar surface area (TPSA) is 101 Å². The zero-order valence-corrected chi connectivity index (χ0v) is 11.9. The average Bonchev–Trinajstić information content (AvgIpc) is 2.48. The van der Waals surface area contributed by atoms with Crippen LogP contribution < -0.4 is 9.92 Å². The largest absolute Gasteiger partial charge is 0.223 e. The second-order valence-corrected chi connectivity index (χ2v) is 5.44. The summed E-state index contributed by atoms with van der Waals surface area (Å²) in [4.78, 5) is 3.83. The number of rotatable bonds is 2. The molecule has 0 radical (unpaired) electrons. The summed E-state index contributed by atoms with van der Waals surface area (Å²) in [6.07, 6.45) is 0. The monoisotopic (exact) mass is 296 g/mol. The molecule has 1 aromatic carbocycles. The van der Waals surface area contributed by atoms with Crippen molar-refractivity contribution in [3.8, 4) is 10.6 Å². The van der Waals surface area contributed by atoms with Crippen LogP contribution in [0.25, 0.3) is 31.2 Å². The predicted octanol–water partition coefficient (Wildman–Crippen LogP) is 3.62. The van der Waals surface area contributed by atoms with Crippen LogP contribution in [0.5, 0.6) is 0 Å². The molecule has 0 saturated carbocycles. The first kappa shape index (κ1) is 13.2. The molecule has 1 heterocycles. The van der Waals surface area contributed by atoms with Gasteiger partial charge >= 0.3 is 0 Å². The summed E-state index contributed by atoms with van der Waals surface area (Å²) in [5.74, 6) is 0. The van der Waals surface area contributed by atoms with Crippen LogP contribution in [0.15, 0.2) is 51.8 Å². The highest BCUT2D eigenvalue weighted by atomic mass is 32.1. The molecule has 1 aliphatic carbocycles. The smallest absolute Gasteiger partial charge is 0.193 e. The van der Waals surface area contributed by atoms with Crippen LogP contribution in [0.2, 0.25) is 0 Å². The van der Waals surface area contributed by atoms with Crippen molar-refractivity contribution < 1.29 is 4.57 Å². The van der Waals surface area contributed by atoms with Crippen LogP contribution in [0.4, 0.5) is 5.69 Å². The lowest BCUT2D eigenvalue weighted by atomic mass is 10.2. The van der Waals surface area contributed by atoms with Crippen molar-refractivity contribution in [3.63, 3.8) is 0 Å². The van der Waals surface area contributed by atoms with Crippen molar-refractivity contribution in [1.29, 1.82) is 5.53 Å². The number of aromatic nitrogens is 1. The number of azide groups is 1. The van der Waals surface area contributed by atoms with Gasteiger partial charge in [0, 0.05) is 22.7 Å². The second kappa shape index (κ2) is 5.28. The molecule has 7 nitrogen and oxygen atoms in total. The third kappa shape index (κ3) is 2.33. The standard InChI is InChI=1S/C13H10N7S/c1-20-10-4-2-8(16-18-14)6-12(10)21-13-7-9(17-19-15)3-5-11(13)20/h2-7,14H,1H3/q+1. The lowest BCUT2D eigenvalue weighted by Crippen LogP contribution is -2.32. The van der Waals surface area contributed by atoms with Gasteiger partial charge in [0.05, 0.1) is 10.1 Å². The summed E-state index contributed by atoms with van der Waals surface area (Å²) in [6.45, 7) is 0. The highest BCUT2D eigenvalue weighted by Gasteiger charge is 2.17. The van der Waals surface area contributed by atoms with Gasteiger partial charge in [-0.15, -0.1) is 16.4 Å². The highest BCUT2D eigenvalue weighted by Crippen LogP contribution is 2.30. The molecule has 3 rings (SSSR count). The Kier molecular flexibility index (Phi) is 3.31. The Morgan fingerprint density at radius 3 is 2.86 bits per heavy atom. The number of aryl methyl sites for hydroxylation is 1. The van der Waals surface area contributed by atoms with Gasteiger partial charge in [0.2, 0.25) is 11.2 Å². The lowest BCUT2D eigenvalue weighted by Gasteiger charge is -2.05. The predicted molar refractivity (Wildman–Crippen MR) is 79.1 cm³/mol. The third-order valence-corrected chi connectivity index (χ3v) is 4.25. The van der Waals surface area contributed by atoms with Gasteiger partial charge < -0.3 is 0 Å². The Hall–Kier alpha value is -2.83. The SMILES string of the molecule is C[n+]1c2cc/c(=N\N=N)cc-2sc2cc(N=[N+]=[N-])ccc21. The molecule has 0 bridgehead atoms. The molecule has 0 spiro atoms. The Morgan fingerprint density at radius 1 is 1.24 bits per heavy atom. The molecule has 1 aromatic rings. The Bertz CT molecular complexity index is 937. The fourth-order valence-electron chi connectivity index (χ4n) is 2.21. The van der Waals surface area contributed by atoms with Gasteiger partial charge in [-0.1, -0.05) is 10.3 Å². The summed E-state index contributed by atoms with van der Waals surface area (Å²) < 4.78 is 3.08. The maximum absolute atomic E-state index is 8.53. The van der Waals surface area contributed by atoms with Gasteiger partial charge in [0.25, 0.3) is 0 Å². The van der Waals surface area contributed by atoms with Gasteiger partial charge in [0.1, 0.15) is 11.9 Å². The molecular formula is C13H10N7S+. The molecule has 0 amide bonds. The van der Waals surface area contributed by atoms with Crippen molar-refractivity contribution in [3.05, 3.63) is 52.2 Å². The van der Waals surface area contributed by atoms with E-state index in [1.807, 2.05) is 37.4 Å². The molecule has 8 heteroatoms. The van der Waals surface area contributed by atoms with Crippen LogP contribution in [-0.4, -0.2) is 0 Å². The van der Waals surface area contributed by atoms with Gasteiger partial charge in [-0.3, -0.25) is 0 Å². The molecular weight excluding hydrogens is 286 g/mol. The minimum atomic E-state index is 0.586. The van der Waals surface area contributed by atoms with Gasteiger partial charge in [-0.2, -0.15) is 10.1 Å². The number of hydrogen-bond donors (Lipinski definition) is 1. The summed E-state index contributed by atoms with van der Waals surface area (Å²) in [7, 11) is 1.98. The molecule has 0 fully saturated rings. The maximum Gasteiger partial charge on any atom is 0.223 e. The summed E-state index contributed by atoms with van der Waals surface area (Å²) in [5.41, 5.74) is 18.0. The van der Waals surface area contributed by atoms with Crippen LogP contribution in [0.1, 0.15) is 0 Å². The molecule has 0 saturated heterocycles. The lowest BCUT2D eigenvalue weighted by molar-refractivity contribution is -0.633. The zero-order valence-electron chi connectivity index (χ0n) is 11.1. The van der Waals surface area contributed by atoms with Crippen molar-refractivity contribution in [1.82, 2.24) is 0 Å². The Balaban J connectivity index is 2.38. The first-order valence-electron chi connectivity index (χ1n) is 6.05. The number of nitrogens with zero attached hydrogens (tertiary/aromatic N) is 6. The van der Waals surface area contributed by atoms with Crippen molar-refractivity contribution in [2.75, 3.05) is 0 Å². The first-order chi connectivity index (χ1) is 10.2. The summed E-state index contributed by atoms with van der Waals surface area (Å²) in [5, 5.41) is 11.1. The minimum absolute atomic E-state index is 0.586. The second-order valence-electron chi connectivity index (χ2n) is 4.35. The van der Waals surface area contributed by atoms with E-state index >= 15 is 0 Å². The molecule has 0 aromatic heterocycles. The van der Waals surface area contributed by atoms with Crippen molar-refractivity contribution >= 4 is 27.2 Å². The number of benzene rings is 2. The molecule has 0 unspecified atom stereocenters. The van der Waals surface area contributed by atoms with Crippen molar-refractivity contribution in [2.45, 2.75) is 0 Å². The van der Waals surface area contributed by atoms with E-state index in [1.165, 1.54) is 0 Å². The number of fused-ring (bicyclic) bond motifs is 2. The Labute approximate surface area is 123 Å². The fraction of sp³-hybridized carbons (Fsp3) is 0.0769. The van der Waals surface area contributed by atoms with Crippen LogP contribution in [0, 0.1) is 5.53 Å². The maximum atomic E-state index is 8.53. The van der Waals surface area contributed by atoms with E-state index in [2.05, 4.69) is 24.9 Å². The van der Waals surface area contributed by atoms with Crippen LogP contribution >= 0.6 is 11.3 Å². The molecule has 102 valence electrons. The van der Waals surface area contributed by atoms with E-state index < -0.39 is 0 Å². The summed E-state index contributed by atoms with van der Waals surface area (Å²) in [6, 6.07) is 11.3. The van der Waals surface area contributed by atoms with E-state index in [-0.39, 0.29) is 0 Å². The molecule has 1 aliphatic heterocycles. The molecule has 1 N–H and O–H groups in total. The third-order valence-electron chi connectivity index (χ3n) is 3.16. The van der Waals surface area contributed by atoms with E-state index in [0.29, 0.717) is 11.0 Å². The fourth-order valence-corrected chi connectivity index (χ4v) is 3.42. The average molecular weight is 296 g/mol. The summed E-state index contributed by atoms with van der Waals surface area (Å²) >= 11 is 1.58. The minimum Gasteiger partial charge on any atom is -0.193 e. The Morgan fingerprint density at radius 2 is 2.10 bits per heavy atom. The number of nitrogens with one attached hydrogen (secondary N) is 1. The molecule has 2 aliphatic rings. The van der Waals surface area contributed by atoms with E-state index in [4.69, 9.17) is 11.1 Å². The normalized spacial score (nSPS) is 11.6. The first-order valence-corrected chi connectivity index (χ1v) is 6.87. The zero-order chi connectivity index (χ0) is 14.8. The quantitative estimate of drug-likeness (QED) is 0.186. The van der Waals surface area contributed by atoms with E-state index in [9.17, 15) is 0 Å². The van der Waals surface area contributed by atoms with Crippen molar-refractivity contribution in [2.24, 2.45) is 22.5 Å². The van der Waals surface area contributed by atoms with Gasteiger partial charge in [0.15, 0.2) is 0 Å². The van der Waals surface area contributed by atoms with Gasteiger partial charge in [-0.05, 0) is 29.8 Å². The highest BCUT2D eigenvalue weighted by molar-refractivity contribution is 7.21. The van der Waals surface area contributed by atoms with Crippen LogP contribution in [-0.2, 0) is 7.05 Å². The van der Waals surface area contributed by atoms with E-state index in [1.54, 1.807) is 17.4 Å². The van der Waals surface area contributed by atoms with E-state index in [0.717, 1.165) is 20.8 Å². The molecule has 21 heavy (non-hydrogen) atoms. The van der Waals surface area contributed by atoms with Gasteiger partial charge in [-0.25, -0.2) is 0 Å². The number of hydrogen-bond acceptors (Lipinski definition) is 4. The van der Waals surface area contributed by atoms with Crippen LogP contribution in [0.3, 0.4) is 0 Å². The molecule has 0 atom stereocenters.